The zero-order chi connectivity index (χ0) is 16.8. The summed E-state index contributed by atoms with van der Waals surface area (Å²) in [6.07, 6.45) is 5.96. The normalized spacial score (nSPS) is 24.9. The minimum absolute atomic E-state index is 0.134. The minimum Gasteiger partial charge on any atom is -0.351 e. The Morgan fingerprint density at radius 2 is 2.00 bits per heavy atom. The van der Waals surface area contributed by atoms with Crippen molar-refractivity contribution in [2.75, 3.05) is 20.2 Å². The lowest BCUT2D eigenvalue weighted by atomic mass is 9.92. The summed E-state index contributed by atoms with van der Waals surface area (Å²) >= 11 is 3.50. The van der Waals surface area contributed by atoms with Crippen LogP contribution in [0.2, 0.25) is 19.6 Å². The molecule has 0 radical (unpaired) electrons. The lowest BCUT2D eigenvalue weighted by Gasteiger charge is -2.31. The number of rotatable bonds is 5. The van der Waals surface area contributed by atoms with Gasteiger partial charge in [-0.15, -0.1) is 10.7 Å². The van der Waals surface area contributed by atoms with Gasteiger partial charge in [-0.05, 0) is 19.9 Å². The van der Waals surface area contributed by atoms with E-state index in [2.05, 4.69) is 71.2 Å². The Hall–Kier alpha value is -0.903. The van der Waals surface area contributed by atoms with Crippen molar-refractivity contribution < 1.29 is 4.74 Å². The smallest absolute Gasteiger partial charge is 0.218 e. The second-order valence-corrected chi connectivity index (χ2v) is 11.8. The van der Waals surface area contributed by atoms with Crippen molar-refractivity contribution >= 4 is 24.0 Å². The molecule has 0 aliphatic heterocycles. The van der Waals surface area contributed by atoms with Gasteiger partial charge in [0.05, 0.1) is 5.92 Å². The van der Waals surface area contributed by atoms with Crippen molar-refractivity contribution in [3.8, 4) is 11.5 Å². The van der Waals surface area contributed by atoms with Gasteiger partial charge in [0, 0.05) is 24.7 Å². The van der Waals surface area contributed by atoms with Gasteiger partial charge in [-0.2, -0.15) is 0 Å². The van der Waals surface area contributed by atoms with E-state index in [4.69, 9.17) is 4.74 Å². The quantitative estimate of drug-likeness (QED) is 0.305. The summed E-state index contributed by atoms with van der Waals surface area (Å²) in [6, 6.07) is 0. The van der Waals surface area contributed by atoms with Crippen LogP contribution in [0, 0.1) is 17.4 Å². The molecule has 0 aromatic heterocycles. The molecular weight excluding hydrogens is 358 g/mol. The third-order valence-electron chi connectivity index (χ3n) is 3.23. The maximum absolute atomic E-state index is 5.73. The van der Waals surface area contributed by atoms with Crippen molar-refractivity contribution in [1.29, 1.82) is 0 Å². The average Bonchev–Trinajstić information content (AvgIpc) is 2.46. The maximum Gasteiger partial charge on any atom is 0.218 e. The Bertz CT molecular complexity index is 524. The molecule has 122 valence electrons. The third-order valence-corrected chi connectivity index (χ3v) is 4.61. The summed E-state index contributed by atoms with van der Waals surface area (Å²) in [5, 5.41) is 10.7. The van der Waals surface area contributed by atoms with Crippen molar-refractivity contribution in [3.63, 3.8) is 0 Å². The molecule has 1 rings (SSSR count). The molecule has 1 aliphatic rings. The van der Waals surface area contributed by atoms with Crippen LogP contribution in [0.25, 0.3) is 0 Å². The van der Waals surface area contributed by atoms with Crippen molar-refractivity contribution in [1.82, 2.24) is 5.01 Å². The summed E-state index contributed by atoms with van der Waals surface area (Å²) in [5.74, 6) is 3.21. The molecule has 0 N–H and O–H groups in total. The molecule has 0 aromatic carbocycles. The van der Waals surface area contributed by atoms with Crippen LogP contribution >= 0.6 is 15.9 Å². The Morgan fingerprint density at radius 1 is 1.36 bits per heavy atom. The van der Waals surface area contributed by atoms with Gasteiger partial charge in [-0.3, -0.25) is 5.01 Å². The van der Waals surface area contributed by atoms with E-state index in [1.165, 1.54) is 0 Å². The van der Waals surface area contributed by atoms with Crippen LogP contribution in [0.4, 0.5) is 0 Å². The second-order valence-electron chi connectivity index (χ2n) is 6.17. The summed E-state index contributed by atoms with van der Waals surface area (Å²) < 4.78 is 6.66. The number of methoxy groups -OCH3 is 1. The molecule has 4 nitrogen and oxygen atoms in total. The fraction of sp³-hybridized carbons (Fsp3) is 0.625. The van der Waals surface area contributed by atoms with Gasteiger partial charge in [0.25, 0.3) is 0 Å². The Morgan fingerprint density at radius 3 is 2.50 bits per heavy atom. The lowest BCUT2D eigenvalue weighted by molar-refractivity contribution is 0.00773. The molecular formula is C16H26BrN3OSi. The first-order chi connectivity index (χ1) is 10.3. The molecule has 22 heavy (non-hydrogen) atoms. The number of halogens is 1. The molecule has 2 unspecified atom stereocenters. The summed E-state index contributed by atoms with van der Waals surface area (Å²) in [5.41, 5.74) is 2.54. The van der Waals surface area contributed by atoms with E-state index in [1.54, 1.807) is 7.11 Å². The summed E-state index contributed by atoms with van der Waals surface area (Å²) in [6.45, 7) is 12.4. The van der Waals surface area contributed by atoms with Crippen LogP contribution in [0.3, 0.4) is 0 Å². The van der Waals surface area contributed by atoms with Crippen LogP contribution in [-0.2, 0) is 4.74 Å². The number of allylic oxidation sites excluding steroid dienone is 2. The van der Waals surface area contributed by atoms with Crippen molar-refractivity contribution in [2.45, 2.75) is 39.2 Å². The van der Waals surface area contributed by atoms with Gasteiger partial charge in [0.15, 0.2) is 0 Å². The highest BCUT2D eigenvalue weighted by molar-refractivity contribution is 9.11. The summed E-state index contributed by atoms with van der Waals surface area (Å²) in [7, 11) is 0.195. The van der Waals surface area contributed by atoms with Gasteiger partial charge in [-0.25, -0.2) is 0 Å². The standard InChI is InChI=1S/C16H26BrN3OSi/c1-7-20(8-2)19-18-16(21-3)13-15(17)10-9-14(16)11-12-22(4,5)6/h9-10,13-14H,7-8H2,1-6H3. The molecule has 2 atom stereocenters. The van der Waals surface area contributed by atoms with Crippen LogP contribution in [-0.4, -0.2) is 39.0 Å². The number of nitrogens with zero attached hydrogens (tertiary/aromatic N) is 3. The zero-order valence-corrected chi connectivity index (χ0v) is 16.9. The van der Waals surface area contributed by atoms with Crippen molar-refractivity contribution in [3.05, 3.63) is 22.7 Å². The first-order valence-corrected chi connectivity index (χ1v) is 11.9. The second kappa shape index (κ2) is 8.09. The molecule has 0 spiro atoms. The van der Waals surface area contributed by atoms with E-state index in [-0.39, 0.29) is 5.92 Å². The molecule has 0 fully saturated rings. The van der Waals surface area contributed by atoms with Gasteiger partial charge in [0.1, 0.15) is 8.07 Å². The molecule has 6 heteroatoms. The van der Waals surface area contributed by atoms with Crippen molar-refractivity contribution in [2.24, 2.45) is 16.3 Å². The number of hydrogen-bond donors (Lipinski definition) is 0. The topological polar surface area (TPSA) is 37.2 Å². The van der Waals surface area contributed by atoms with E-state index in [0.717, 1.165) is 17.6 Å². The fourth-order valence-electron chi connectivity index (χ4n) is 1.91. The SMILES string of the molecule is CCN(CC)N=NC1(OC)C=C(Br)C=CC1C#C[Si](C)(C)C. The molecule has 0 saturated carbocycles. The predicted molar refractivity (Wildman–Crippen MR) is 98.3 cm³/mol. The largest absolute Gasteiger partial charge is 0.351 e. The molecule has 0 heterocycles. The lowest BCUT2D eigenvalue weighted by Crippen LogP contribution is -2.37. The first-order valence-electron chi connectivity index (χ1n) is 7.58. The number of ether oxygens (including phenoxy) is 1. The van der Waals surface area contributed by atoms with E-state index in [1.807, 2.05) is 23.2 Å². The zero-order valence-electron chi connectivity index (χ0n) is 14.4. The van der Waals surface area contributed by atoms with Gasteiger partial charge < -0.3 is 4.74 Å². The minimum atomic E-state index is -1.46. The summed E-state index contributed by atoms with van der Waals surface area (Å²) in [4.78, 5) is 0. The molecule has 0 bridgehead atoms. The van der Waals surface area contributed by atoms with E-state index in [0.29, 0.717) is 0 Å². The van der Waals surface area contributed by atoms with Crippen LogP contribution in [0.15, 0.2) is 33.0 Å². The van der Waals surface area contributed by atoms with E-state index < -0.39 is 13.8 Å². The van der Waals surface area contributed by atoms with E-state index in [9.17, 15) is 0 Å². The molecule has 1 aliphatic carbocycles. The maximum atomic E-state index is 5.73. The fourth-order valence-corrected chi connectivity index (χ4v) is 2.98. The van der Waals surface area contributed by atoms with Gasteiger partial charge >= 0.3 is 0 Å². The van der Waals surface area contributed by atoms with Crippen LogP contribution in [0.5, 0.6) is 0 Å². The van der Waals surface area contributed by atoms with Crippen LogP contribution in [0.1, 0.15) is 13.8 Å². The first kappa shape index (κ1) is 19.1. The number of hydrogen-bond acceptors (Lipinski definition) is 3. The average molecular weight is 384 g/mol. The Balaban J connectivity index is 3.18. The molecule has 0 amide bonds. The highest BCUT2D eigenvalue weighted by Gasteiger charge is 2.38. The van der Waals surface area contributed by atoms with E-state index >= 15 is 0 Å². The highest BCUT2D eigenvalue weighted by Crippen LogP contribution is 2.34. The highest BCUT2D eigenvalue weighted by atomic mass is 79.9. The predicted octanol–water partition coefficient (Wildman–Crippen LogP) is 4.38. The van der Waals surface area contributed by atoms with Crippen LogP contribution < -0.4 is 0 Å². The monoisotopic (exact) mass is 383 g/mol. The molecule has 0 aromatic rings. The Labute approximate surface area is 143 Å². The Kier molecular flexibility index (Phi) is 7.04. The van der Waals surface area contributed by atoms with Gasteiger partial charge in [0.2, 0.25) is 5.72 Å². The molecule has 0 saturated heterocycles. The van der Waals surface area contributed by atoms with Gasteiger partial charge in [-0.1, -0.05) is 58.9 Å². The third kappa shape index (κ3) is 5.38.